The first-order valence-corrected chi connectivity index (χ1v) is 9.84. The van der Waals surface area contributed by atoms with E-state index in [1.54, 1.807) is 24.0 Å². The Balaban J connectivity index is 1.80. The molecule has 6 heteroatoms. The van der Waals surface area contributed by atoms with Crippen LogP contribution in [0.15, 0.2) is 23.1 Å². The van der Waals surface area contributed by atoms with E-state index in [4.69, 9.17) is 0 Å². The second-order valence-corrected chi connectivity index (χ2v) is 8.29. The van der Waals surface area contributed by atoms with E-state index in [-0.39, 0.29) is 11.9 Å². The minimum atomic E-state index is -3.48. The lowest BCUT2D eigenvalue weighted by molar-refractivity contribution is -0.129. The van der Waals surface area contributed by atoms with E-state index in [2.05, 4.69) is 4.72 Å². The number of nitrogens with one attached hydrogen (secondary N) is 1. The van der Waals surface area contributed by atoms with Gasteiger partial charge >= 0.3 is 0 Å². The van der Waals surface area contributed by atoms with Gasteiger partial charge in [-0.2, -0.15) is 0 Å². The summed E-state index contributed by atoms with van der Waals surface area (Å²) in [6, 6.07) is 5.36. The van der Waals surface area contributed by atoms with E-state index in [0.717, 1.165) is 43.2 Å². The van der Waals surface area contributed by atoms with Crippen molar-refractivity contribution in [2.24, 2.45) is 0 Å². The Labute approximate surface area is 138 Å². The summed E-state index contributed by atoms with van der Waals surface area (Å²) in [4.78, 5) is 13.6. The SMILES string of the molecule is CC(=O)N1CCc2ccc(S(=O)(=O)NC3CCCCC3)cc2C1. The van der Waals surface area contributed by atoms with E-state index in [0.29, 0.717) is 18.0 Å². The Bertz CT molecular complexity index is 694. The predicted octanol–water partition coefficient (Wildman–Crippen LogP) is 2.20. The number of benzene rings is 1. The number of sulfonamides is 1. The first kappa shape index (κ1) is 16.5. The molecule has 0 unspecified atom stereocenters. The molecule has 3 rings (SSSR count). The molecule has 5 nitrogen and oxygen atoms in total. The third-order valence-corrected chi connectivity index (χ3v) is 6.39. The monoisotopic (exact) mass is 336 g/mol. The molecule has 0 aromatic heterocycles. The van der Waals surface area contributed by atoms with Gasteiger partial charge in [-0.15, -0.1) is 0 Å². The molecule has 0 radical (unpaired) electrons. The summed E-state index contributed by atoms with van der Waals surface area (Å²) >= 11 is 0. The zero-order valence-electron chi connectivity index (χ0n) is 13.5. The maximum atomic E-state index is 12.6. The van der Waals surface area contributed by atoms with Crippen LogP contribution in [-0.4, -0.2) is 31.8 Å². The maximum Gasteiger partial charge on any atom is 0.240 e. The minimum Gasteiger partial charge on any atom is -0.338 e. The van der Waals surface area contributed by atoms with Crippen LogP contribution in [-0.2, 0) is 27.8 Å². The summed E-state index contributed by atoms with van der Waals surface area (Å²) in [6.45, 7) is 2.75. The van der Waals surface area contributed by atoms with Gasteiger partial charge in [0.1, 0.15) is 0 Å². The number of carbonyl (C=O) groups excluding carboxylic acids is 1. The van der Waals surface area contributed by atoms with Gasteiger partial charge < -0.3 is 4.90 Å². The molecule has 126 valence electrons. The van der Waals surface area contributed by atoms with E-state index in [1.807, 2.05) is 6.07 Å². The van der Waals surface area contributed by atoms with E-state index < -0.39 is 10.0 Å². The summed E-state index contributed by atoms with van der Waals surface area (Å²) in [6.07, 6.45) is 5.99. The van der Waals surface area contributed by atoms with Crippen molar-refractivity contribution in [2.75, 3.05) is 6.54 Å². The lowest BCUT2D eigenvalue weighted by Gasteiger charge is -2.28. The normalized spacial score (nSPS) is 19.4. The molecular weight excluding hydrogens is 312 g/mol. The maximum absolute atomic E-state index is 12.6. The van der Waals surface area contributed by atoms with Crippen LogP contribution in [0.5, 0.6) is 0 Å². The fourth-order valence-electron chi connectivity index (χ4n) is 3.48. The fraction of sp³-hybridized carbons (Fsp3) is 0.588. The summed E-state index contributed by atoms with van der Waals surface area (Å²) < 4.78 is 28.1. The van der Waals surface area contributed by atoms with Crippen molar-refractivity contribution in [3.05, 3.63) is 29.3 Å². The smallest absolute Gasteiger partial charge is 0.240 e. The van der Waals surface area contributed by atoms with Gasteiger partial charge in [-0.25, -0.2) is 13.1 Å². The number of hydrogen-bond acceptors (Lipinski definition) is 3. The topological polar surface area (TPSA) is 66.5 Å². The van der Waals surface area contributed by atoms with Gasteiger partial charge in [-0.3, -0.25) is 4.79 Å². The average Bonchev–Trinajstić information content (AvgIpc) is 2.54. The number of nitrogens with zero attached hydrogens (tertiary/aromatic N) is 1. The van der Waals surface area contributed by atoms with Crippen molar-refractivity contribution in [3.63, 3.8) is 0 Å². The second kappa shape index (κ2) is 6.61. The van der Waals surface area contributed by atoms with Crippen LogP contribution in [0.25, 0.3) is 0 Å². The van der Waals surface area contributed by atoms with Crippen LogP contribution in [0.3, 0.4) is 0 Å². The number of rotatable bonds is 3. The Hall–Kier alpha value is -1.40. The molecule has 0 bridgehead atoms. The van der Waals surface area contributed by atoms with Crippen molar-refractivity contribution >= 4 is 15.9 Å². The first-order chi connectivity index (χ1) is 11.0. The molecular formula is C17H24N2O3S. The molecule has 1 fully saturated rings. The van der Waals surface area contributed by atoms with Crippen LogP contribution >= 0.6 is 0 Å². The van der Waals surface area contributed by atoms with Crippen LogP contribution in [0.2, 0.25) is 0 Å². The summed E-state index contributed by atoms with van der Waals surface area (Å²) in [5.41, 5.74) is 2.08. The van der Waals surface area contributed by atoms with Gasteiger partial charge in [0.2, 0.25) is 15.9 Å². The van der Waals surface area contributed by atoms with Crippen LogP contribution in [0, 0.1) is 0 Å². The predicted molar refractivity (Wildman–Crippen MR) is 88.4 cm³/mol. The third-order valence-electron chi connectivity index (χ3n) is 4.87. The summed E-state index contributed by atoms with van der Waals surface area (Å²) in [5.74, 6) is 0.0317. The van der Waals surface area contributed by atoms with Gasteiger partial charge in [0.25, 0.3) is 0 Å². The van der Waals surface area contributed by atoms with E-state index >= 15 is 0 Å². The molecule has 1 N–H and O–H groups in total. The van der Waals surface area contributed by atoms with Crippen LogP contribution < -0.4 is 4.72 Å². The quantitative estimate of drug-likeness (QED) is 0.920. The molecule has 1 saturated carbocycles. The molecule has 1 aliphatic carbocycles. The molecule has 2 aliphatic rings. The molecule has 1 aromatic carbocycles. The highest BCUT2D eigenvalue weighted by atomic mass is 32.2. The standard InChI is InChI=1S/C17H24N2O3S/c1-13(20)19-10-9-14-7-8-17(11-15(14)12-19)23(21,22)18-16-5-3-2-4-6-16/h7-8,11,16,18H,2-6,9-10,12H2,1H3. The summed E-state index contributed by atoms with van der Waals surface area (Å²) in [5, 5.41) is 0. The van der Waals surface area contributed by atoms with Gasteiger partial charge in [0.05, 0.1) is 4.90 Å². The highest BCUT2D eigenvalue weighted by Crippen LogP contribution is 2.24. The van der Waals surface area contributed by atoms with Gasteiger partial charge in [0, 0.05) is 26.1 Å². The lowest BCUT2D eigenvalue weighted by Crippen LogP contribution is -2.37. The average molecular weight is 336 g/mol. The van der Waals surface area contributed by atoms with E-state index in [9.17, 15) is 13.2 Å². The molecule has 1 amide bonds. The number of fused-ring (bicyclic) bond motifs is 1. The largest absolute Gasteiger partial charge is 0.338 e. The van der Waals surface area contributed by atoms with Crippen molar-refractivity contribution in [1.82, 2.24) is 9.62 Å². The molecule has 1 heterocycles. The Kier molecular flexibility index (Phi) is 4.73. The fourth-order valence-corrected chi connectivity index (χ4v) is 4.83. The molecule has 1 aliphatic heterocycles. The van der Waals surface area contributed by atoms with Gasteiger partial charge in [0.15, 0.2) is 0 Å². The molecule has 0 saturated heterocycles. The van der Waals surface area contributed by atoms with Crippen LogP contribution in [0.1, 0.15) is 50.2 Å². The molecule has 0 spiro atoms. The third kappa shape index (κ3) is 3.75. The van der Waals surface area contributed by atoms with Crippen molar-refractivity contribution in [2.45, 2.75) is 62.9 Å². The minimum absolute atomic E-state index is 0.0317. The number of hydrogen-bond donors (Lipinski definition) is 1. The molecule has 1 aromatic rings. The number of amides is 1. The first-order valence-electron chi connectivity index (χ1n) is 8.35. The zero-order chi connectivity index (χ0) is 16.4. The van der Waals surface area contributed by atoms with Crippen molar-refractivity contribution in [1.29, 1.82) is 0 Å². The Morgan fingerprint density at radius 2 is 1.91 bits per heavy atom. The van der Waals surface area contributed by atoms with Gasteiger partial charge in [-0.05, 0) is 42.5 Å². The van der Waals surface area contributed by atoms with Crippen molar-refractivity contribution < 1.29 is 13.2 Å². The van der Waals surface area contributed by atoms with Gasteiger partial charge in [-0.1, -0.05) is 25.3 Å². The highest BCUT2D eigenvalue weighted by Gasteiger charge is 2.24. The van der Waals surface area contributed by atoms with Crippen molar-refractivity contribution in [3.8, 4) is 0 Å². The van der Waals surface area contributed by atoms with E-state index in [1.165, 1.54) is 6.42 Å². The lowest BCUT2D eigenvalue weighted by atomic mass is 9.96. The number of carbonyl (C=O) groups is 1. The second-order valence-electron chi connectivity index (χ2n) is 6.58. The molecule has 23 heavy (non-hydrogen) atoms. The zero-order valence-corrected chi connectivity index (χ0v) is 14.4. The highest BCUT2D eigenvalue weighted by molar-refractivity contribution is 7.89. The Morgan fingerprint density at radius 3 is 2.61 bits per heavy atom. The van der Waals surface area contributed by atoms with Crippen LogP contribution in [0.4, 0.5) is 0 Å². The Morgan fingerprint density at radius 1 is 1.17 bits per heavy atom. The summed E-state index contributed by atoms with van der Waals surface area (Å²) in [7, 11) is -3.48. The molecule has 0 atom stereocenters.